The van der Waals surface area contributed by atoms with Gasteiger partial charge in [-0.3, -0.25) is 4.79 Å². The number of carbonyl (C=O) groups is 1. The fraction of sp³-hybridized carbons (Fsp3) is 0.500. The Morgan fingerprint density at radius 1 is 1.47 bits per heavy atom. The molecular formula is C14H17ClFNO2. The summed E-state index contributed by atoms with van der Waals surface area (Å²) in [6.45, 7) is 1.24. The van der Waals surface area contributed by atoms with Crippen LogP contribution in [-0.4, -0.2) is 36.9 Å². The number of amides is 1. The Hall–Kier alpha value is -1.29. The van der Waals surface area contributed by atoms with Gasteiger partial charge in [0.05, 0.1) is 7.11 Å². The first-order valence-corrected chi connectivity index (χ1v) is 6.88. The third kappa shape index (κ3) is 3.00. The minimum absolute atomic E-state index is 0.0225. The molecule has 104 valence electrons. The number of rotatable bonds is 3. The van der Waals surface area contributed by atoms with E-state index in [9.17, 15) is 9.18 Å². The molecule has 1 aromatic rings. The molecule has 1 aliphatic heterocycles. The first-order valence-electron chi connectivity index (χ1n) is 6.35. The lowest BCUT2D eigenvalue weighted by Gasteiger charge is -2.31. The Balaban J connectivity index is 2.16. The van der Waals surface area contributed by atoms with Crippen LogP contribution < -0.4 is 4.74 Å². The molecule has 3 nitrogen and oxygen atoms in total. The molecular weight excluding hydrogens is 269 g/mol. The van der Waals surface area contributed by atoms with Crippen LogP contribution in [-0.2, 0) is 0 Å². The second-order valence-electron chi connectivity index (χ2n) is 4.71. The fourth-order valence-electron chi connectivity index (χ4n) is 2.33. The van der Waals surface area contributed by atoms with Crippen molar-refractivity contribution < 1.29 is 13.9 Å². The largest absolute Gasteiger partial charge is 0.496 e. The zero-order valence-corrected chi connectivity index (χ0v) is 11.6. The van der Waals surface area contributed by atoms with Gasteiger partial charge in [0.25, 0.3) is 5.91 Å². The predicted molar refractivity (Wildman–Crippen MR) is 72.3 cm³/mol. The maximum Gasteiger partial charge on any atom is 0.260 e. The van der Waals surface area contributed by atoms with Crippen LogP contribution in [0.4, 0.5) is 4.39 Å². The van der Waals surface area contributed by atoms with Gasteiger partial charge >= 0.3 is 0 Å². The quantitative estimate of drug-likeness (QED) is 0.799. The molecule has 0 spiro atoms. The van der Waals surface area contributed by atoms with E-state index in [-0.39, 0.29) is 17.2 Å². The molecule has 0 atom stereocenters. The molecule has 2 rings (SSSR count). The van der Waals surface area contributed by atoms with E-state index in [1.165, 1.54) is 19.2 Å². The van der Waals surface area contributed by atoms with Gasteiger partial charge in [0.15, 0.2) is 0 Å². The number of halogens is 2. The molecule has 0 saturated carbocycles. The summed E-state index contributed by atoms with van der Waals surface area (Å²) in [5, 5.41) is 0. The van der Waals surface area contributed by atoms with E-state index in [2.05, 4.69) is 0 Å². The molecule has 19 heavy (non-hydrogen) atoms. The molecule has 0 aliphatic carbocycles. The first-order chi connectivity index (χ1) is 9.17. The van der Waals surface area contributed by atoms with Crippen molar-refractivity contribution in [1.29, 1.82) is 0 Å². The van der Waals surface area contributed by atoms with Crippen molar-refractivity contribution in [2.45, 2.75) is 12.8 Å². The third-order valence-corrected chi connectivity index (χ3v) is 3.97. The molecule has 1 amide bonds. The van der Waals surface area contributed by atoms with Crippen LogP contribution in [0.5, 0.6) is 5.75 Å². The minimum atomic E-state index is -0.538. The number of alkyl halides is 1. The SMILES string of the molecule is COc1cccc(F)c1C(=O)N1CCC(CCl)CC1. The van der Waals surface area contributed by atoms with Gasteiger partial charge in [0, 0.05) is 19.0 Å². The topological polar surface area (TPSA) is 29.5 Å². The predicted octanol–water partition coefficient (Wildman–Crippen LogP) is 2.93. The third-order valence-electron chi connectivity index (χ3n) is 3.53. The number of piperidine rings is 1. The normalized spacial score (nSPS) is 16.5. The smallest absolute Gasteiger partial charge is 0.260 e. The fourth-order valence-corrected chi connectivity index (χ4v) is 2.64. The Kier molecular flexibility index (Phi) is 4.64. The molecule has 5 heteroatoms. The number of hydrogen-bond donors (Lipinski definition) is 0. The summed E-state index contributed by atoms with van der Waals surface area (Å²) in [6, 6.07) is 4.41. The summed E-state index contributed by atoms with van der Waals surface area (Å²) in [6.07, 6.45) is 1.73. The molecule has 1 fully saturated rings. The van der Waals surface area contributed by atoms with Crippen LogP contribution in [0.3, 0.4) is 0 Å². The van der Waals surface area contributed by atoms with E-state index in [0.29, 0.717) is 24.9 Å². The van der Waals surface area contributed by atoms with Gasteiger partial charge in [-0.2, -0.15) is 0 Å². The standard InChI is InChI=1S/C14H17ClFNO2/c1-19-12-4-2-3-11(16)13(12)14(18)17-7-5-10(9-15)6-8-17/h2-4,10H,5-9H2,1H3. The van der Waals surface area contributed by atoms with Gasteiger partial charge < -0.3 is 9.64 Å². The van der Waals surface area contributed by atoms with E-state index in [4.69, 9.17) is 16.3 Å². The van der Waals surface area contributed by atoms with Crippen LogP contribution in [0.1, 0.15) is 23.2 Å². The monoisotopic (exact) mass is 285 g/mol. The molecule has 1 heterocycles. The van der Waals surface area contributed by atoms with Crippen molar-refractivity contribution in [1.82, 2.24) is 4.90 Å². The summed E-state index contributed by atoms with van der Waals surface area (Å²) < 4.78 is 18.9. The van der Waals surface area contributed by atoms with Crippen molar-refractivity contribution in [3.8, 4) is 5.75 Å². The maximum atomic E-state index is 13.8. The van der Waals surface area contributed by atoms with E-state index in [0.717, 1.165) is 12.8 Å². The zero-order chi connectivity index (χ0) is 13.8. The highest BCUT2D eigenvalue weighted by Gasteiger charge is 2.27. The molecule has 0 radical (unpaired) electrons. The summed E-state index contributed by atoms with van der Waals surface area (Å²) in [5.74, 6) is 0.509. The van der Waals surface area contributed by atoms with Gasteiger partial charge in [-0.1, -0.05) is 6.07 Å². The number of benzene rings is 1. The van der Waals surface area contributed by atoms with Gasteiger partial charge in [0.2, 0.25) is 0 Å². The van der Waals surface area contributed by atoms with Crippen molar-refractivity contribution >= 4 is 17.5 Å². The van der Waals surface area contributed by atoms with Crippen molar-refractivity contribution in [2.24, 2.45) is 5.92 Å². The highest BCUT2D eigenvalue weighted by molar-refractivity contribution is 6.18. The van der Waals surface area contributed by atoms with Crippen LogP contribution in [0.15, 0.2) is 18.2 Å². The lowest BCUT2D eigenvalue weighted by Crippen LogP contribution is -2.39. The van der Waals surface area contributed by atoms with E-state index in [1.807, 2.05) is 0 Å². The van der Waals surface area contributed by atoms with Crippen LogP contribution in [0, 0.1) is 11.7 Å². The molecule has 1 saturated heterocycles. The Morgan fingerprint density at radius 3 is 2.74 bits per heavy atom. The van der Waals surface area contributed by atoms with Crippen molar-refractivity contribution in [2.75, 3.05) is 26.1 Å². The molecule has 1 aliphatic rings. The lowest BCUT2D eigenvalue weighted by atomic mass is 9.98. The highest BCUT2D eigenvalue weighted by Crippen LogP contribution is 2.26. The van der Waals surface area contributed by atoms with Gasteiger partial charge in [0.1, 0.15) is 17.1 Å². The number of ether oxygens (including phenoxy) is 1. The van der Waals surface area contributed by atoms with E-state index >= 15 is 0 Å². The van der Waals surface area contributed by atoms with Gasteiger partial charge in [-0.15, -0.1) is 11.6 Å². The molecule has 0 unspecified atom stereocenters. The number of carbonyl (C=O) groups excluding carboxylic acids is 1. The average Bonchev–Trinajstić information content (AvgIpc) is 2.46. The number of likely N-dealkylation sites (tertiary alicyclic amines) is 1. The number of nitrogens with zero attached hydrogens (tertiary/aromatic N) is 1. The second kappa shape index (κ2) is 6.24. The number of hydrogen-bond acceptors (Lipinski definition) is 2. The maximum absolute atomic E-state index is 13.8. The van der Waals surface area contributed by atoms with Crippen molar-refractivity contribution in [3.63, 3.8) is 0 Å². The zero-order valence-electron chi connectivity index (χ0n) is 10.9. The highest BCUT2D eigenvalue weighted by atomic mass is 35.5. The van der Waals surface area contributed by atoms with E-state index < -0.39 is 5.82 Å². The summed E-state index contributed by atoms with van der Waals surface area (Å²) in [7, 11) is 1.44. The summed E-state index contributed by atoms with van der Waals surface area (Å²) in [4.78, 5) is 14.0. The second-order valence-corrected chi connectivity index (χ2v) is 5.02. The van der Waals surface area contributed by atoms with E-state index in [1.54, 1.807) is 11.0 Å². The average molecular weight is 286 g/mol. The Labute approximate surface area is 117 Å². The summed E-state index contributed by atoms with van der Waals surface area (Å²) in [5.41, 5.74) is 0.0225. The molecule has 0 aromatic heterocycles. The minimum Gasteiger partial charge on any atom is -0.496 e. The molecule has 1 aromatic carbocycles. The molecule has 0 bridgehead atoms. The Morgan fingerprint density at radius 2 is 2.16 bits per heavy atom. The van der Waals surface area contributed by atoms with Gasteiger partial charge in [-0.25, -0.2) is 4.39 Å². The van der Waals surface area contributed by atoms with Crippen LogP contribution in [0.2, 0.25) is 0 Å². The lowest BCUT2D eigenvalue weighted by molar-refractivity contribution is 0.0690. The summed E-state index contributed by atoms with van der Waals surface area (Å²) >= 11 is 5.81. The first kappa shape index (κ1) is 14.1. The Bertz CT molecular complexity index is 459. The van der Waals surface area contributed by atoms with Crippen LogP contribution in [0.25, 0.3) is 0 Å². The number of methoxy groups -OCH3 is 1. The van der Waals surface area contributed by atoms with Crippen molar-refractivity contribution in [3.05, 3.63) is 29.6 Å². The van der Waals surface area contributed by atoms with Crippen LogP contribution >= 0.6 is 11.6 Å². The molecule has 0 N–H and O–H groups in total. The van der Waals surface area contributed by atoms with Gasteiger partial charge in [-0.05, 0) is 30.9 Å².